The van der Waals surface area contributed by atoms with Crippen molar-refractivity contribution >= 4 is 17.4 Å². The van der Waals surface area contributed by atoms with Crippen molar-refractivity contribution in [2.24, 2.45) is 0 Å². The van der Waals surface area contributed by atoms with Gasteiger partial charge in [-0.25, -0.2) is 9.78 Å². The predicted molar refractivity (Wildman–Crippen MR) is 95.3 cm³/mol. The van der Waals surface area contributed by atoms with Crippen LogP contribution in [0.1, 0.15) is 48.4 Å². The lowest BCUT2D eigenvalue weighted by atomic mass is 10.1. The van der Waals surface area contributed by atoms with Crippen LogP contribution in [0.2, 0.25) is 0 Å². The van der Waals surface area contributed by atoms with Gasteiger partial charge in [0.25, 0.3) is 0 Å². The lowest BCUT2D eigenvalue weighted by Crippen LogP contribution is -2.41. The van der Waals surface area contributed by atoms with E-state index in [4.69, 9.17) is 9.47 Å². The van der Waals surface area contributed by atoms with Crippen molar-refractivity contribution in [1.29, 1.82) is 0 Å². The SMILES string of the molecule is CCOC(=O)c1nc2cc(C)nn2c(N(CC)C2CCOCC2)c1C. The molecule has 0 amide bonds. The smallest absolute Gasteiger partial charge is 0.357 e. The number of carbonyl (C=O) groups excluding carboxylic acids is 1. The molecule has 25 heavy (non-hydrogen) atoms. The number of fused-ring (bicyclic) bond motifs is 1. The quantitative estimate of drug-likeness (QED) is 0.775. The molecule has 2 aromatic rings. The second-order valence-electron chi connectivity index (χ2n) is 6.31. The van der Waals surface area contributed by atoms with E-state index in [1.54, 1.807) is 6.92 Å². The van der Waals surface area contributed by atoms with E-state index in [0.29, 0.717) is 24.0 Å². The second kappa shape index (κ2) is 7.39. The Kier molecular flexibility index (Phi) is 5.22. The molecule has 1 fully saturated rings. The zero-order valence-corrected chi connectivity index (χ0v) is 15.4. The van der Waals surface area contributed by atoms with E-state index in [2.05, 4.69) is 21.9 Å². The van der Waals surface area contributed by atoms with Gasteiger partial charge in [-0.05, 0) is 40.5 Å². The maximum Gasteiger partial charge on any atom is 0.357 e. The van der Waals surface area contributed by atoms with Crippen molar-refractivity contribution in [2.75, 3.05) is 31.3 Å². The number of rotatable bonds is 5. The minimum Gasteiger partial charge on any atom is -0.461 e. The zero-order valence-electron chi connectivity index (χ0n) is 15.4. The van der Waals surface area contributed by atoms with E-state index < -0.39 is 0 Å². The third-order valence-corrected chi connectivity index (χ3v) is 4.64. The van der Waals surface area contributed by atoms with Crippen LogP contribution in [-0.2, 0) is 9.47 Å². The molecular weight excluding hydrogens is 320 g/mol. The highest BCUT2D eigenvalue weighted by Gasteiger charge is 2.28. The Hall–Kier alpha value is -2.15. The molecule has 0 aromatic carbocycles. The summed E-state index contributed by atoms with van der Waals surface area (Å²) in [4.78, 5) is 19.2. The number of hydrogen-bond acceptors (Lipinski definition) is 6. The predicted octanol–water partition coefficient (Wildman–Crippen LogP) is 2.53. The highest BCUT2D eigenvalue weighted by Crippen LogP contribution is 2.29. The standard InChI is InChI=1S/C18H26N4O3/c1-5-21(14-7-9-24-10-8-14)17-13(4)16(18(23)25-6-2)19-15-11-12(3)20-22(15)17/h11,14H,5-10H2,1-4H3. The van der Waals surface area contributed by atoms with Crippen molar-refractivity contribution in [1.82, 2.24) is 14.6 Å². The number of ether oxygens (including phenoxy) is 2. The Morgan fingerprint density at radius 3 is 2.72 bits per heavy atom. The Bertz CT molecular complexity index is 765. The average Bonchev–Trinajstić information content (AvgIpc) is 2.98. The van der Waals surface area contributed by atoms with E-state index >= 15 is 0 Å². The molecular formula is C18H26N4O3. The minimum atomic E-state index is -0.384. The molecule has 3 rings (SSSR count). The fourth-order valence-electron chi connectivity index (χ4n) is 3.50. The van der Waals surface area contributed by atoms with Gasteiger partial charge in [-0.15, -0.1) is 0 Å². The molecule has 0 aliphatic carbocycles. The normalized spacial score (nSPS) is 15.5. The Morgan fingerprint density at radius 2 is 2.08 bits per heavy atom. The molecule has 0 N–H and O–H groups in total. The van der Waals surface area contributed by atoms with E-state index in [1.807, 2.05) is 24.4 Å². The lowest BCUT2D eigenvalue weighted by molar-refractivity contribution is 0.0518. The first-order chi connectivity index (χ1) is 12.1. The van der Waals surface area contributed by atoms with Crippen LogP contribution in [0.5, 0.6) is 0 Å². The molecule has 2 aromatic heterocycles. The molecule has 0 unspecified atom stereocenters. The van der Waals surface area contributed by atoms with Gasteiger partial charge >= 0.3 is 5.97 Å². The summed E-state index contributed by atoms with van der Waals surface area (Å²) in [7, 11) is 0. The summed E-state index contributed by atoms with van der Waals surface area (Å²) in [5, 5.41) is 4.61. The van der Waals surface area contributed by atoms with Gasteiger partial charge < -0.3 is 14.4 Å². The third kappa shape index (κ3) is 3.33. The van der Waals surface area contributed by atoms with E-state index in [0.717, 1.165) is 49.7 Å². The number of anilines is 1. The molecule has 7 nitrogen and oxygen atoms in total. The van der Waals surface area contributed by atoms with Gasteiger partial charge in [0, 0.05) is 37.4 Å². The molecule has 0 saturated carbocycles. The minimum absolute atomic E-state index is 0.330. The molecule has 1 aliphatic heterocycles. The Morgan fingerprint density at radius 1 is 1.36 bits per heavy atom. The molecule has 0 radical (unpaired) electrons. The zero-order chi connectivity index (χ0) is 18.0. The fourth-order valence-corrected chi connectivity index (χ4v) is 3.50. The fraction of sp³-hybridized carbons (Fsp3) is 0.611. The molecule has 136 valence electrons. The van der Waals surface area contributed by atoms with Crippen LogP contribution in [0.4, 0.5) is 5.82 Å². The van der Waals surface area contributed by atoms with Crippen molar-refractivity contribution < 1.29 is 14.3 Å². The highest BCUT2D eigenvalue weighted by atomic mass is 16.5. The molecule has 0 bridgehead atoms. The van der Waals surface area contributed by atoms with Crippen LogP contribution in [0.25, 0.3) is 5.65 Å². The summed E-state index contributed by atoms with van der Waals surface area (Å²) in [5.41, 5.74) is 2.72. The summed E-state index contributed by atoms with van der Waals surface area (Å²) < 4.78 is 12.6. The molecule has 0 spiro atoms. The second-order valence-corrected chi connectivity index (χ2v) is 6.31. The van der Waals surface area contributed by atoms with Crippen LogP contribution in [0.15, 0.2) is 6.07 Å². The lowest BCUT2D eigenvalue weighted by Gasteiger charge is -2.36. The topological polar surface area (TPSA) is 69.0 Å². The van der Waals surface area contributed by atoms with Crippen molar-refractivity contribution in [3.05, 3.63) is 23.0 Å². The van der Waals surface area contributed by atoms with Crippen LogP contribution >= 0.6 is 0 Å². The summed E-state index contributed by atoms with van der Waals surface area (Å²) >= 11 is 0. The average molecular weight is 346 g/mol. The first-order valence-electron chi connectivity index (χ1n) is 8.95. The monoisotopic (exact) mass is 346 g/mol. The maximum atomic E-state index is 12.4. The Labute approximate surface area is 147 Å². The summed E-state index contributed by atoms with van der Waals surface area (Å²) in [5.74, 6) is 0.543. The number of carbonyl (C=O) groups is 1. The van der Waals surface area contributed by atoms with Gasteiger partial charge in [-0.2, -0.15) is 9.61 Å². The largest absolute Gasteiger partial charge is 0.461 e. The summed E-state index contributed by atoms with van der Waals surface area (Å²) in [6.07, 6.45) is 1.93. The van der Waals surface area contributed by atoms with Crippen LogP contribution in [0, 0.1) is 13.8 Å². The Balaban J connectivity index is 2.16. The van der Waals surface area contributed by atoms with Crippen LogP contribution in [0.3, 0.4) is 0 Å². The summed E-state index contributed by atoms with van der Waals surface area (Å²) in [6.45, 7) is 10.5. The summed E-state index contributed by atoms with van der Waals surface area (Å²) in [6, 6.07) is 2.26. The van der Waals surface area contributed by atoms with Gasteiger partial charge in [-0.3, -0.25) is 0 Å². The van der Waals surface area contributed by atoms with E-state index in [-0.39, 0.29) is 5.97 Å². The first kappa shape index (κ1) is 17.7. The molecule has 0 atom stereocenters. The van der Waals surface area contributed by atoms with Crippen molar-refractivity contribution in [3.63, 3.8) is 0 Å². The van der Waals surface area contributed by atoms with Gasteiger partial charge in [0.1, 0.15) is 5.82 Å². The van der Waals surface area contributed by atoms with Gasteiger partial charge in [0.2, 0.25) is 0 Å². The molecule has 1 saturated heterocycles. The van der Waals surface area contributed by atoms with Crippen molar-refractivity contribution in [3.8, 4) is 0 Å². The van der Waals surface area contributed by atoms with Gasteiger partial charge in [0.05, 0.1) is 12.3 Å². The number of esters is 1. The molecule has 7 heteroatoms. The first-order valence-corrected chi connectivity index (χ1v) is 8.95. The number of nitrogens with zero attached hydrogens (tertiary/aromatic N) is 4. The number of hydrogen-bond donors (Lipinski definition) is 0. The number of aromatic nitrogens is 3. The van der Waals surface area contributed by atoms with Gasteiger partial charge in [0.15, 0.2) is 11.3 Å². The van der Waals surface area contributed by atoms with Crippen molar-refractivity contribution in [2.45, 2.75) is 46.6 Å². The molecule has 3 heterocycles. The number of aryl methyl sites for hydroxylation is 1. The third-order valence-electron chi connectivity index (χ3n) is 4.64. The van der Waals surface area contributed by atoms with E-state index in [9.17, 15) is 4.79 Å². The van der Waals surface area contributed by atoms with Crippen LogP contribution in [-0.4, -0.2) is 53.0 Å². The van der Waals surface area contributed by atoms with E-state index in [1.165, 1.54) is 0 Å². The molecule has 1 aliphatic rings. The van der Waals surface area contributed by atoms with Gasteiger partial charge in [-0.1, -0.05) is 0 Å². The maximum absolute atomic E-state index is 12.4. The highest BCUT2D eigenvalue weighted by molar-refractivity contribution is 5.91. The van der Waals surface area contributed by atoms with Crippen LogP contribution < -0.4 is 4.90 Å².